The summed E-state index contributed by atoms with van der Waals surface area (Å²) in [7, 11) is -3.69. The molecule has 0 radical (unpaired) electrons. The Kier molecular flexibility index (Phi) is 4.70. The van der Waals surface area contributed by atoms with Crippen LogP contribution in [-0.2, 0) is 10.0 Å². The minimum atomic E-state index is -3.69. The van der Waals surface area contributed by atoms with Crippen LogP contribution in [0.5, 0.6) is 11.5 Å². The summed E-state index contributed by atoms with van der Waals surface area (Å²) in [6.07, 6.45) is 0.659. The molecule has 0 fully saturated rings. The van der Waals surface area contributed by atoms with Crippen molar-refractivity contribution in [3.8, 4) is 11.5 Å². The molecule has 1 aliphatic heterocycles. The Morgan fingerprint density at radius 1 is 1.32 bits per heavy atom. The monoisotopic (exact) mass is 328 g/mol. The molecule has 22 heavy (non-hydrogen) atoms. The molecular weight excluding hydrogens is 304 g/mol. The van der Waals surface area contributed by atoms with Crippen LogP contribution < -0.4 is 19.9 Å². The van der Waals surface area contributed by atoms with Gasteiger partial charge < -0.3 is 15.2 Å². The average Bonchev–Trinajstić information content (AvgIpc) is 2.83. The molecule has 1 aromatic carbocycles. The lowest BCUT2D eigenvalue weighted by atomic mass is 9.92. The predicted molar refractivity (Wildman–Crippen MR) is 84.5 cm³/mol. The number of ether oxygens (including phenoxy) is 2. The van der Waals surface area contributed by atoms with Crippen molar-refractivity contribution >= 4 is 10.0 Å². The molecule has 0 bridgehead atoms. The summed E-state index contributed by atoms with van der Waals surface area (Å²) in [6, 6.07) is 3.19. The number of fused-ring (bicyclic) bond motifs is 1. The second-order valence-corrected chi connectivity index (χ2v) is 8.09. The highest BCUT2D eigenvalue weighted by Gasteiger charge is 2.32. The molecule has 1 atom stereocenters. The van der Waals surface area contributed by atoms with Gasteiger partial charge in [0.2, 0.25) is 16.8 Å². The van der Waals surface area contributed by atoms with Gasteiger partial charge in [-0.15, -0.1) is 0 Å². The summed E-state index contributed by atoms with van der Waals surface area (Å²) in [5.41, 5.74) is 5.72. The van der Waals surface area contributed by atoms with Gasteiger partial charge >= 0.3 is 0 Å². The average molecular weight is 328 g/mol. The Balaban J connectivity index is 2.34. The van der Waals surface area contributed by atoms with E-state index in [0.29, 0.717) is 29.4 Å². The third kappa shape index (κ3) is 3.53. The summed E-state index contributed by atoms with van der Waals surface area (Å²) in [4.78, 5) is 0.195. The van der Waals surface area contributed by atoms with Crippen molar-refractivity contribution in [1.82, 2.24) is 4.72 Å². The van der Waals surface area contributed by atoms with Crippen LogP contribution in [0.3, 0.4) is 0 Å². The van der Waals surface area contributed by atoms with Crippen LogP contribution in [-0.4, -0.2) is 27.3 Å². The van der Waals surface area contributed by atoms with E-state index in [9.17, 15) is 8.42 Å². The maximum atomic E-state index is 12.7. The van der Waals surface area contributed by atoms with Gasteiger partial charge in [-0.2, -0.15) is 0 Å². The normalized spacial score (nSPS) is 16.8. The molecule has 0 saturated heterocycles. The first-order chi connectivity index (χ1) is 10.2. The van der Waals surface area contributed by atoms with Gasteiger partial charge in [-0.25, -0.2) is 13.1 Å². The Morgan fingerprint density at radius 2 is 1.91 bits per heavy atom. The lowest BCUT2D eigenvalue weighted by Crippen LogP contribution is -2.52. The lowest BCUT2D eigenvalue weighted by Gasteiger charge is -2.31. The first-order valence-corrected chi connectivity index (χ1v) is 8.79. The fourth-order valence-corrected chi connectivity index (χ4v) is 4.43. The number of hydrogen-bond donors (Lipinski definition) is 2. The van der Waals surface area contributed by atoms with Gasteiger partial charge in [0, 0.05) is 18.2 Å². The van der Waals surface area contributed by atoms with Crippen LogP contribution in [0, 0.1) is 12.8 Å². The summed E-state index contributed by atoms with van der Waals surface area (Å²) in [5.74, 6) is 1.35. The molecule has 0 amide bonds. The summed E-state index contributed by atoms with van der Waals surface area (Å²) >= 11 is 0. The fourth-order valence-electron chi connectivity index (χ4n) is 2.76. The van der Waals surface area contributed by atoms with E-state index in [1.807, 2.05) is 20.8 Å². The van der Waals surface area contributed by atoms with Crippen LogP contribution in [0.4, 0.5) is 0 Å². The molecule has 7 heteroatoms. The van der Waals surface area contributed by atoms with Gasteiger partial charge in [-0.1, -0.05) is 13.8 Å². The van der Waals surface area contributed by atoms with Crippen molar-refractivity contribution < 1.29 is 17.9 Å². The number of nitrogens with one attached hydrogen (secondary N) is 1. The van der Waals surface area contributed by atoms with E-state index in [0.717, 1.165) is 0 Å². The van der Waals surface area contributed by atoms with Crippen molar-refractivity contribution in [2.45, 2.75) is 44.6 Å². The zero-order valence-electron chi connectivity index (χ0n) is 13.5. The highest BCUT2D eigenvalue weighted by Crippen LogP contribution is 2.36. The van der Waals surface area contributed by atoms with Gasteiger partial charge in [0.15, 0.2) is 11.5 Å². The van der Waals surface area contributed by atoms with E-state index >= 15 is 0 Å². The highest BCUT2D eigenvalue weighted by molar-refractivity contribution is 7.89. The second-order valence-electron chi connectivity index (χ2n) is 6.44. The van der Waals surface area contributed by atoms with Crippen LogP contribution in [0.15, 0.2) is 17.0 Å². The van der Waals surface area contributed by atoms with Crippen molar-refractivity contribution in [2.24, 2.45) is 11.7 Å². The molecule has 1 unspecified atom stereocenters. The van der Waals surface area contributed by atoms with Crippen molar-refractivity contribution in [3.05, 3.63) is 17.7 Å². The van der Waals surface area contributed by atoms with Gasteiger partial charge in [0.25, 0.3) is 0 Å². The first-order valence-electron chi connectivity index (χ1n) is 7.31. The largest absolute Gasteiger partial charge is 0.454 e. The molecule has 0 spiro atoms. The number of aryl methyl sites for hydroxylation is 1. The molecule has 0 saturated carbocycles. The van der Waals surface area contributed by atoms with E-state index in [1.165, 1.54) is 6.07 Å². The minimum Gasteiger partial charge on any atom is -0.454 e. The molecular formula is C15H24N2O4S. The Bertz CT molecular complexity index is 658. The molecule has 1 heterocycles. The molecule has 3 N–H and O–H groups in total. The van der Waals surface area contributed by atoms with Crippen LogP contribution >= 0.6 is 0 Å². The number of rotatable bonds is 6. The van der Waals surface area contributed by atoms with Gasteiger partial charge in [-0.3, -0.25) is 0 Å². The summed E-state index contributed by atoms with van der Waals surface area (Å²) < 4.78 is 38.8. The maximum Gasteiger partial charge on any atom is 0.241 e. The van der Waals surface area contributed by atoms with Crippen LogP contribution in [0.2, 0.25) is 0 Å². The molecule has 1 aliphatic rings. The van der Waals surface area contributed by atoms with Crippen molar-refractivity contribution in [2.75, 3.05) is 13.3 Å². The summed E-state index contributed by atoms with van der Waals surface area (Å²) in [5, 5.41) is 0. The zero-order chi connectivity index (χ0) is 16.5. The van der Waals surface area contributed by atoms with E-state index in [1.54, 1.807) is 13.0 Å². The quantitative estimate of drug-likeness (QED) is 0.830. The summed E-state index contributed by atoms with van der Waals surface area (Å²) in [6.45, 7) is 7.97. The predicted octanol–water partition coefficient (Wildman–Crippen LogP) is 1.77. The second kappa shape index (κ2) is 6.06. The number of sulfonamides is 1. The lowest BCUT2D eigenvalue weighted by molar-refractivity contribution is 0.174. The van der Waals surface area contributed by atoms with Crippen LogP contribution in [0.1, 0.15) is 32.8 Å². The van der Waals surface area contributed by atoms with E-state index < -0.39 is 15.6 Å². The Morgan fingerprint density at radius 3 is 2.45 bits per heavy atom. The van der Waals surface area contributed by atoms with Crippen molar-refractivity contribution in [3.63, 3.8) is 0 Å². The number of benzene rings is 1. The molecule has 2 rings (SSSR count). The fraction of sp³-hybridized carbons (Fsp3) is 0.600. The zero-order valence-corrected chi connectivity index (χ0v) is 14.3. The van der Waals surface area contributed by atoms with E-state index in [2.05, 4.69) is 4.72 Å². The van der Waals surface area contributed by atoms with E-state index in [-0.39, 0.29) is 18.2 Å². The van der Waals surface area contributed by atoms with E-state index in [4.69, 9.17) is 15.2 Å². The SMILES string of the molecule is Cc1cc2c(cc1S(=O)(=O)NC(C)(CN)CC(C)C)OCO2. The third-order valence-electron chi connectivity index (χ3n) is 3.65. The molecule has 124 valence electrons. The first kappa shape index (κ1) is 17.1. The molecule has 0 aromatic heterocycles. The van der Waals surface area contributed by atoms with Gasteiger partial charge in [0.1, 0.15) is 0 Å². The maximum absolute atomic E-state index is 12.7. The van der Waals surface area contributed by atoms with Crippen LogP contribution in [0.25, 0.3) is 0 Å². The smallest absolute Gasteiger partial charge is 0.241 e. The third-order valence-corrected chi connectivity index (χ3v) is 5.43. The molecule has 0 aliphatic carbocycles. The molecule has 1 aromatic rings. The standard InChI is InChI=1S/C15H24N2O4S/c1-10(2)7-15(4,8-16)17-22(18,19)14-6-13-12(5-11(14)3)20-9-21-13/h5-6,10,17H,7-9,16H2,1-4H3. The minimum absolute atomic E-state index is 0.111. The van der Waals surface area contributed by atoms with Crippen molar-refractivity contribution in [1.29, 1.82) is 0 Å². The Labute approximate surface area is 132 Å². The molecule has 6 nitrogen and oxygen atoms in total. The Hall–Kier alpha value is -1.31. The topological polar surface area (TPSA) is 90.7 Å². The van der Waals surface area contributed by atoms with Gasteiger partial charge in [-0.05, 0) is 37.8 Å². The van der Waals surface area contributed by atoms with Gasteiger partial charge in [0.05, 0.1) is 4.90 Å². The number of hydrogen-bond acceptors (Lipinski definition) is 5. The number of nitrogens with two attached hydrogens (primary N) is 1. The highest BCUT2D eigenvalue weighted by atomic mass is 32.2.